The molecular weight excluding hydrogens is 462 g/mol. The third-order valence-electron chi connectivity index (χ3n) is 5.63. The van der Waals surface area contributed by atoms with Crippen LogP contribution in [0.2, 0.25) is 0 Å². The van der Waals surface area contributed by atoms with E-state index in [1.807, 2.05) is 90.5 Å². The predicted octanol–water partition coefficient (Wildman–Crippen LogP) is 4.75. The highest BCUT2D eigenvalue weighted by Gasteiger charge is 2.38. The lowest BCUT2D eigenvalue weighted by atomic mass is 10.0. The van der Waals surface area contributed by atoms with Crippen molar-refractivity contribution in [3.8, 4) is 22.9 Å². The van der Waals surface area contributed by atoms with Gasteiger partial charge in [-0.2, -0.15) is 0 Å². The van der Waals surface area contributed by atoms with Crippen LogP contribution in [0, 0.1) is 0 Å². The van der Waals surface area contributed by atoms with E-state index in [0.717, 1.165) is 22.6 Å². The van der Waals surface area contributed by atoms with E-state index >= 15 is 0 Å². The van der Waals surface area contributed by atoms with E-state index in [9.17, 15) is 4.79 Å². The summed E-state index contributed by atoms with van der Waals surface area (Å²) in [5.74, 6) is 2.07. The number of aromatic nitrogens is 3. The van der Waals surface area contributed by atoms with Crippen molar-refractivity contribution < 1.29 is 14.3 Å². The quantitative estimate of drug-likeness (QED) is 0.389. The minimum Gasteiger partial charge on any atom is -0.497 e. The molecule has 2 atom stereocenters. The molecule has 0 bridgehead atoms. The summed E-state index contributed by atoms with van der Waals surface area (Å²) in [5.41, 5.74) is 6.07. The monoisotopic (exact) mass is 487 g/mol. The van der Waals surface area contributed by atoms with Crippen molar-refractivity contribution in [1.82, 2.24) is 14.9 Å². The van der Waals surface area contributed by atoms with Crippen molar-refractivity contribution in [2.45, 2.75) is 23.4 Å². The molecular formula is C26H25N5O3S. The van der Waals surface area contributed by atoms with Gasteiger partial charge in [-0.3, -0.25) is 4.79 Å². The summed E-state index contributed by atoms with van der Waals surface area (Å²) < 4.78 is 12.7. The van der Waals surface area contributed by atoms with Gasteiger partial charge in [0.2, 0.25) is 11.1 Å². The summed E-state index contributed by atoms with van der Waals surface area (Å²) in [6.45, 7) is 2.52. The minimum atomic E-state index is -0.490. The van der Waals surface area contributed by atoms with Crippen molar-refractivity contribution in [1.29, 1.82) is 0 Å². The summed E-state index contributed by atoms with van der Waals surface area (Å²) in [4.78, 5) is 13.5. The molecule has 4 aromatic rings. The third kappa shape index (κ3) is 4.81. The molecule has 178 valence electrons. The number of benzene rings is 3. The molecule has 0 saturated carbocycles. The van der Waals surface area contributed by atoms with Gasteiger partial charge >= 0.3 is 0 Å². The lowest BCUT2D eigenvalue weighted by Gasteiger charge is -2.33. The van der Waals surface area contributed by atoms with Crippen LogP contribution in [0.15, 0.2) is 84.0 Å². The van der Waals surface area contributed by atoms with Crippen molar-refractivity contribution in [3.05, 3.63) is 84.4 Å². The maximum absolute atomic E-state index is 13.5. The first-order valence-corrected chi connectivity index (χ1v) is 12.2. The molecule has 0 fully saturated rings. The molecule has 5 rings (SSSR count). The Hall–Kier alpha value is -3.98. The molecule has 0 spiro atoms. The van der Waals surface area contributed by atoms with Crippen molar-refractivity contribution in [2.75, 3.05) is 24.5 Å². The summed E-state index contributed by atoms with van der Waals surface area (Å²) in [6, 6.07) is 24.6. The van der Waals surface area contributed by atoms with Crippen LogP contribution in [0.3, 0.4) is 0 Å². The fourth-order valence-electron chi connectivity index (χ4n) is 3.91. The summed E-state index contributed by atoms with van der Waals surface area (Å²) in [6.07, 6.45) is 0. The van der Waals surface area contributed by atoms with Gasteiger partial charge in [0.1, 0.15) is 16.7 Å². The van der Waals surface area contributed by atoms with Crippen LogP contribution in [0.25, 0.3) is 11.4 Å². The van der Waals surface area contributed by atoms with Gasteiger partial charge < -0.3 is 20.2 Å². The number of hydrogen-bond acceptors (Lipinski definition) is 7. The van der Waals surface area contributed by atoms with Crippen molar-refractivity contribution in [2.24, 2.45) is 0 Å². The molecule has 1 aliphatic rings. The molecule has 2 heterocycles. The number of rotatable bonds is 7. The van der Waals surface area contributed by atoms with Gasteiger partial charge in [0.25, 0.3) is 0 Å². The zero-order valence-corrected chi connectivity index (χ0v) is 20.2. The van der Waals surface area contributed by atoms with Gasteiger partial charge in [-0.1, -0.05) is 54.2 Å². The van der Waals surface area contributed by atoms with Gasteiger partial charge in [0.15, 0.2) is 5.82 Å². The summed E-state index contributed by atoms with van der Waals surface area (Å²) >= 11 is 1.38. The molecule has 0 radical (unpaired) electrons. The predicted molar refractivity (Wildman–Crippen MR) is 136 cm³/mol. The number of amides is 1. The molecule has 0 saturated heterocycles. The Morgan fingerprint density at radius 1 is 1.00 bits per heavy atom. The molecule has 0 unspecified atom stereocenters. The normalized spacial score (nSPS) is 16.6. The fourth-order valence-corrected chi connectivity index (χ4v) is 4.98. The summed E-state index contributed by atoms with van der Waals surface area (Å²) in [5, 5.41) is 11.9. The number of carbonyl (C=O) groups is 1. The smallest absolute Gasteiger partial charge is 0.240 e. The molecule has 1 aliphatic heterocycles. The Morgan fingerprint density at radius 2 is 1.71 bits per heavy atom. The Morgan fingerprint density at radius 3 is 2.40 bits per heavy atom. The van der Waals surface area contributed by atoms with Gasteiger partial charge in [0.05, 0.1) is 19.8 Å². The second kappa shape index (κ2) is 10.1. The maximum atomic E-state index is 13.5. The van der Waals surface area contributed by atoms with E-state index in [1.165, 1.54) is 11.8 Å². The molecule has 1 amide bonds. The molecule has 8 nitrogen and oxygen atoms in total. The van der Waals surface area contributed by atoms with E-state index in [1.54, 1.807) is 7.11 Å². The van der Waals surface area contributed by atoms with E-state index in [2.05, 4.69) is 20.9 Å². The van der Waals surface area contributed by atoms with Crippen LogP contribution in [0.5, 0.6) is 11.5 Å². The highest BCUT2D eigenvalue weighted by molar-refractivity contribution is 8.00. The number of ether oxygens (including phenoxy) is 2. The molecule has 35 heavy (non-hydrogen) atoms. The number of carbonyl (C=O) groups excluding carboxylic acids is 1. The minimum absolute atomic E-state index is 0.136. The van der Waals surface area contributed by atoms with Crippen LogP contribution in [0.4, 0.5) is 5.69 Å². The van der Waals surface area contributed by atoms with E-state index in [4.69, 9.17) is 9.47 Å². The Bertz CT molecular complexity index is 1290. The largest absolute Gasteiger partial charge is 0.497 e. The average Bonchev–Trinajstić information content (AvgIpc) is 3.33. The SMILES string of the molecule is CCOc1ccc(NC(=O)[C@@H]2Sc3nnc(-c4ccccc4)n3N[C@@H]2c2ccc(OC)cc2)cc1. The Kier molecular flexibility index (Phi) is 6.58. The Balaban J connectivity index is 1.46. The van der Waals surface area contributed by atoms with Gasteiger partial charge in [-0.05, 0) is 48.9 Å². The first-order chi connectivity index (χ1) is 17.2. The third-order valence-corrected chi connectivity index (χ3v) is 6.85. The highest BCUT2D eigenvalue weighted by Crippen LogP contribution is 2.39. The topological polar surface area (TPSA) is 90.3 Å². The van der Waals surface area contributed by atoms with Crippen LogP contribution < -0.4 is 20.2 Å². The molecule has 0 aliphatic carbocycles. The number of fused-ring (bicyclic) bond motifs is 1. The van der Waals surface area contributed by atoms with Gasteiger partial charge in [-0.15, -0.1) is 10.2 Å². The lowest BCUT2D eigenvalue weighted by molar-refractivity contribution is -0.116. The second-order valence-corrected chi connectivity index (χ2v) is 8.98. The number of thioether (sulfide) groups is 1. The standard InChI is InChI=1S/C26H25N5O3S/c1-3-34-21-15-11-19(12-16-21)27-25(32)23-22(17-9-13-20(33-2)14-10-17)30-31-24(28-29-26(31)35-23)18-7-5-4-6-8-18/h4-16,22-23,30H,3H2,1-2H3,(H,27,32)/t22-,23-/m1/s1. The average molecular weight is 488 g/mol. The number of anilines is 1. The van der Waals surface area contributed by atoms with Crippen LogP contribution >= 0.6 is 11.8 Å². The zero-order chi connectivity index (χ0) is 24.2. The molecule has 9 heteroatoms. The first kappa shape index (κ1) is 22.8. The van der Waals surface area contributed by atoms with E-state index < -0.39 is 5.25 Å². The van der Waals surface area contributed by atoms with Crippen molar-refractivity contribution in [3.63, 3.8) is 0 Å². The first-order valence-electron chi connectivity index (χ1n) is 11.3. The molecule has 3 aromatic carbocycles. The van der Waals surface area contributed by atoms with Crippen LogP contribution in [-0.2, 0) is 4.79 Å². The second-order valence-electron chi connectivity index (χ2n) is 7.87. The molecule has 2 N–H and O–H groups in total. The summed E-state index contributed by atoms with van der Waals surface area (Å²) in [7, 11) is 1.63. The van der Waals surface area contributed by atoms with E-state index in [0.29, 0.717) is 23.3 Å². The highest BCUT2D eigenvalue weighted by atomic mass is 32.2. The molecule has 1 aromatic heterocycles. The number of nitrogens with zero attached hydrogens (tertiary/aromatic N) is 3. The van der Waals surface area contributed by atoms with Gasteiger partial charge in [0, 0.05) is 11.3 Å². The van der Waals surface area contributed by atoms with E-state index in [-0.39, 0.29) is 11.9 Å². The fraction of sp³-hybridized carbons (Fsp3) is 0.192. The van der Waals surface area contributed by atoms with Crippen LogP contribution in [-0.4, -0.2) is 39.7 Å². The van der Waals surface area contributed by atoms with Crippen molar-refractivity contribution >= 4 is 23.4 Å². The Labute approximate surface area is 207 Å². The number of nitrogens with one attached hydrogen (secondary N) is 2. The number of methoxy groups -OCH3 is 1. The van der Waals surface area contributed by atoms with Gasteiger partial charge in [-0.25, -0.2) is 4.68 Å². The lowest BCUT2D eigenvalue weighted by Crippen LogP contribution is -2.41. The van der Waals surface area contributed by atoms with Crippen LogP contribution in [0.1, 0.15) is 18.5 Å². The zero-order valence-electron chi connectivity index (χ0n) is 19.3. The number of hydrogen-bond donors (Lipinski definition) is 2. The maximum Gasteiger partial charge on any atom is 0.240 e.